The predicted molar refractivity (Wildman–Crippen MR) is 105 cm³/mol. The van der Waals surface area contributed by atoms with Gasteiger partial charge in [0.15, 0.2) is 18.1 Å². The number of para-hydroxylation sites is 2. The number of benzene rings is 2. The Morgan fingerprint density at radius 1 is 0.964 bits per heavy atom. The number of hydrogen-bond donors (Lipinski definition) is 1. The highest BCUT2D eigenvalue weighted by molar-refractivity contribution is 5.93. The Kier molecular flexibility index (Phi) is 7.68. The number of hydrogen-bond acceptors (Lipinski definition) is 6. The van der Waals surface area contributed by atoms with E-state index in [9.17, 15) is 9.59 Å². The molecule has 0 aliphatic rings. The first-order chi connectivity index (χ1) is 13.4. The zero-order chi connectivity index (χ0) is 20.5. The Morgan fingerprint density at radius 2 is 1.68 bits per heavy atom. The highest BCUT2D eigenvalue weighted by Crippen LogP contribution is 2.29. The monoisotopic (exact) mass is 387 g/mol. The Hall–Kier alpha value is -3.22. The third-order valence-corrected chi connectivity index (χ3v) is 3.69. The lowest BCUT2D eigenvalue weighted by Gasteiger charge is -2.13. The van der Waals surface area contributed by atoms with E-state index >= 15 is 0 Å². The summed E-state index contributed by atoms with van der Waals surface area (Å²) in [6.07, 6.45) is 0. The van der Waals surface area contributed by atoms with Crippen LogP contribution in [0.2, 0.25) is 0 Å². The first-order valence-corrected chi connectivity index (χ1v) is 8.85. The summed E-state index contributed by atoms with van der Waals surface area (Å²) in [6, 6.07) is 11.7. The maximum Gasteiger partial charge on any atom is 0.338 e. The lowest BCUT2D eigenvalue weighted by molar-refractivity contribution is -0.118. The van der Waals surface area contributed by atoms with Crippen LogP contribution in [0.15, 0.2) is 42.5 Å². The van der Waals surface area contributed by atoms with Crippen molar-refractivity contribution in [2.45, 2.75) is 13.8 Å². The average molecular weight is 387 g/mol. The van der Waals surface area contributed by atoms with E-state index < -0.39 is 5.97 Å². The Bertz CT molecular complexity index is 818. The number of methoxy groups -OCH3 is 2. The fraction of sp³-hybridized carbons (Fsp3) is 0.333. The second kappa shape index (κ2) is 10.2. The van der Waals surface area contributed by atoms with Crippen molar-refractivity contribution in [1.29, 1.82) is 0 Å². The highest BCUT2D eigenvalue weighted by Gasteiger charge is 2.14. The van der Waals surface area contributed by atoms with Gasteiger partial charge >= 0.3 is 5.97 Å². The maximum absolute atomic E-state index is 12.2. The number of amides is 1. The molecule has 0 heterocycles. The Labute approximate surface area is 164 Å². The van der Waals surface area contributed by atoms with Gasteiger partial charge in [-0.25, -0.2) is 4.79 Å². The molecule has 0 saturated heterocycles. The molecule has 0 radical (unpaired) electrons. The third kappa shape index (κ3) is 5.90. The van der Waals surface area contributed by atoms with Crippen LogP contribution in [-0.4, -0.2) is 39.3 Å². The van der Waals surface area contributed by atoms with Gasteiger partial charge in [0.25, 0.3) is 5.91 Å². The number of anilines is 1. The molecule has 1 N–H and O–H groups in total. The summed E-state index contributed by atoms with van der Waals surface area (Å²) in [5.74, 6) is 0.689. The number of ether oxygens (including phenoxy) is 4. The molecule has 0 aliphatic carbocycles. The van der Waals surface area contributed by atoms with E-state index in [1.54, 1.807) is 30.3 Å². The van der Waals surface area contributed by atoms with Gasteiger partial charge in [-0.3, -0.25) is 4.79 Å². The molecule has 7 heteroatoms. The van der Waals surface area contributed by atoms with E-state index in [-0.39, 0.29) is 18.4 Å². The van der Waals surface area contributed by atoms with Crippen molar-refractivity contribution in [3.63, 3.8) is 0 Å². The number of carbonyl (C=O) groups is 2. The summed E-state index contributed by atoms with van der Waals surface area (Å²) in [5, 5.41) is 2.72. The summed E-state index contributed by atoms with van der Waals surface area (Å²) in [4.78, 5) is 24.2. The van der Waals surface area contributed by atoms with Gasteiger partial charge in [-0.1, -0.05) is 26.0 Å². The smallest absolute Gasteiger partial charge is 0.338 e. The van der Waals surface area contributed by atoms with E-state index in [0.717, 1.165) is 0 Å². The van der Waals surface area contributed by atoms with Crippen molar-refractivity contribution in [1.82, 2.24) is 0 Å². The van der Waals surface area contributed by atoms with Crippen molar-refractivity contribution in [2.75, 3.05) is 32.8 Å². The molecule has 7 nitrogen and oxygen atoms in total. The molecule has 1 amide bonds. The molecule has 2 aromatic carbocycles. The van der Waals surface area contributed by atoms with Gasteiger partial charge in [0.05, 0.1) is 32.1 Å². The van der Waals surface area contributed by atoms with E-state index in [4.69, 9.17) is 18.9 Å². The van der Waals surface area contributed by atoms with Crippen LogP contribution in [0, 0.1) is 5.92 Å². The molecule has 0 bridgehead atoms. The summed E-state index contributed by atoms with van der Waals surface area (Å²) >= 11 is 0. The Balaban J connectivity index is 1.99. The minimum atomic E-state index is -0.438. The summed E-state index contributed by atoms with van der Waals surface area (Å²) in [6.45, 7) is 4.02. The summed E-state index contributed by atoms with van der Waals surface area (Å²) in [7, 11) is 2.99. The molecule has 2 aromatic rings. The molecule has 28 heavy (non-hydrogen) atoms. The highest BCUT2D eigenvalue weighted by atomic mass is 16.5. The van der Waals surface area contributed by atoms with Gasteiger partial charge in [-0.05, 0) is 36.2 Å². The molecule has 0 spiro atoms. The van der Waals surface area contributed by atoms with Crippen molar-refractivity contribution >= 4 is 17.6 Å². The van der Waals surface area contributed by atoms with Gasteiger partial charge in [0.1, 0.15) is 5.75 Å². The van der Waals surface area contributed by atoms with Crippen LogP contribution in [0.3, 0.4) is 0 Å². The van der Waals surface area contributed by atoms with Crippen molar-refractivity contribution in [2.24, 2.45) is 5.92 Å². The van der Waals surface area contributed by atoms with Gasteiger partial charge < -0.3 is 24.3 Å². The van der Waals surface area contributed by atoms with Gasteiger partial charge in [0.2, 0.25) is 0 Å². The molecular weight excluding hydrogens is 362 g/mol. The quantitative estimate of drug-likeness (QED) is 0.663. The van der Waals surface area contributed by atoms with E-state index in [1.807, 2.05) is 19.9 Å². The zero-order valence-corrected chi connectivity index (χ0v) is 16.5. The second-order valence-corrected chi connectivity index (χ2v) is 6.40. The topological polar surface area (TPSA) is 83.1 Å². The van der Waals surface area contributed by atoms with Crippen LogP contribution in [0.4, 0.5) is 5.69 Å². The van der Waals surface area contributed by atoms with Gasteiger partial charge in [-0.2, -0.15) is 0 Å². The van der Waals surface area contributed by atoms with Crippen molar-refractivity contribution in [3.8, 4) is 17.2 Å². The normalized spacial score (nSPS) is 10.3. The molecule has 0 aliphatic heterocycles. The van der Waals surface area contributed by atoms with E-state index in [1.165, 1.54) is 20.3 Å². The lowest BCUT2D eigenvalue weighted by atomic mass is 10.2. The van der Waals surface area contributed by atoms with Crippen LogP contribution in [0.25, 0.3) is 0 Å². The maximum atomic E-state index is 12.2. The average Bonchev–Trinajstić information content (AvgIpc) is 2.70. The van der Waals surface area contributed by atoms with Crippen molar-refractivity contribution in [3.05, 3.63) is 48.0 Å². The lowest BCUT2D eigenvalue weighted by Crippen LogP contribution is -2.20. The van der Waals surface area contributed by atoms with Crippen LogP contribution in [0.5, 0.6) is 17.2 Å². The fourth-order valence-corrected chi connectivity index (χ4v) is 2.32. The number of rotatable bonds is 9. The largest absolute Gasteiger partial charge is 0.495 e. The molecule has 150 valence electrons. The third-order valence-electron chi connectivity index (χ3n) is 3.69. The summed E-state index contributed by atoms with van der Waals surface area (Å²) in [5.41, 5.74) is 0.900. The fourth-order valence-electron chi connectivity index (χ4n) is 2.32. The molecule has 0 saturated carbocycles. The second-order valence-electron chi connectivity index (χ2n) is 6.40. The molecule has 0 unspecified atom stereocenters. The van der Waals surface area contributed by atoms with E-state index in [0.29, 0.717) is 35.1 Å². The predicted octanol–water partition coefficient (Wildman–Crippen LogP) is 3.53. The SMILES string of the molecule is COc1ccccc1NC(=O)COc1ccc(C(=O)OCC(C)C)cc1OC. The van der Waals surface area contributed by atoms with Crippen molar-refractivity contribution < 1.29 is 28.5 Å². The van der Waals surface area contributed by atoms with Crippen LogP contribution in [-0.2, 0) is 9.53 Å². The first-order valence-electron chi connectivity index (χ1n) is 8.85. The minimum Gasteiger partial charge on any atom is -0.495 e. The first kappa shape index (κ1) is 21.1. The number of esters is 1. The molecule has 0 atom stereocenters. The van der Waals surface area contributed by atoms with Crippen LogP contribution in [0.1, 0.15) is 24.2 Å². The molecule has 2 rings (SSSR count). The van der Waals surface area contributed by atoms with Crippen LogP contribution < -0.4 is 19.5 Å². The number of carbonyl (C=O) groups excluding carboxylic acids is 2. The van der Waals surface area contributed by atoms with Gasteiger partial charge in [0, 0.05) is 0 Å². The molecular formula is C21H25NO6. The van der Waals surface area contributed by atoms with E-state index in [2.05, 4.69) is 5.32 Å². The standard InChI is InChI=1S/C21H25NO6/c1-14(2)12-28-21(24)15-9-10-18(19(11-15)26-4)27-13-20(23)22-16-7-5-6-8-17(16)25-3/h5-11,14H,12-13H2,1-4H3,(H,22,23). The molecule has 0 aromatic heterocycles. The summed E-state index contributed by atoms with van der Waals surface area (Å²) < 4.78 is 21.2. The van der Waals surface area contributed by atoms with Crippen LogP contribution >= 0.6 is 0 Å². The number of nitrogens with one attached hydrogen (secondary N) is 1. The Morgan fingerprint density at radius 3 is 2.36 bits per heavy atom. The van der Waals surface area contributed by atoms with Gasteiger partial charge in [-0.15, -0.1) is 0 Å². The zero-order valence-electron chi connectivity index (χ0n) is 16.5. The minimum absolute atomic E-state index is 0.231. The molecule has 0 fully saturated rings.